The molecule has 2 aromatic rings. The van der Waals surface area contributed by atoms with Crippen LogP contribution in [0.4, 0.5) is 9.18 Å². The van der Waals surface area contributed by atoms with Gasteiger partial charge in [0.05, 0.1) is 13.1 Å². The molecule has 36 heavy (non-hydrogen) atoms. The van der Waals surface area contributed by atoms with Crippen LogP contribution in [0.15, 0.2) is 42.5 Å². The fourth-order valence-electron chi connectivity index (χ4n) is 4.88. The molecule has 2 aliphatic heterocycles. The summed E-state index contributed by atoms with van der Waals surface area (Å²) in [6, 6.07) is 10.5. The topological polar surface area (TPSA) is 76.2 Å². The van der Waals surface area contributed by atoms with E-state index < -0.39 is 18.2 Å². The Hall–Kier alpha value is -3.17. The molecule has 0 aromatic heterocycles. The first-order valence-electron chi connectivity index (χ1n) is 12.1. The molecule has 0 radical (unpaired) electrons. The van der Waals surface area contributed by atoms with E-state index in [1.807, 2.05) is 32.0 Å². The van der Waals surface area contributed by atoms with E-state index in [0.29, 0.717) is 24.4 Å². The molecule has 0 aliphatic carbocycles. The molecule has 2 aromatic carbocycles. The summed E-state index contributed by atoms with van der Waals surface area (Å²) >= 11 is 6.18. The van der Waals surface area contributed by atoms with Gasteiger partial charge in [0.25, 0.3) is 0 Å². The van der Waals surface area contributed by atoms with Crippen molar-refractivity contribution in [2.75, 3.05) is 20.1 Å². The smallest absolute Gasteiger partial charge is 0.333 e. The van der Waals surface area contributed by atoms with E-state index >= 15 is 0 Å². The van der Waals surface area contributed by atoms with E-state index in [-0.39, 0.29) is 37.3 Å². The first kappa shape index (κ1) is 25.9. The second-order valence-electron chi connectivity index (χ2n) is 9.33. The second-order valence-corrected chi connectivity index (χ2v) is 9.74. The summed E-state index contributed by atoms with van der Waals surface area (Å²) < 4.78 is 13.2. The van der Waals surface area contributed by atoms with Crippen LogP contribution < -0.4 is 5.32 Å². The summed E-state index contributed by atoms with van der Waals surface area (Å²) in [5.41, 5.74) is 2.59. The number of likely N-dealkylation sites (N-methyl/N-ethyl adjacent to an activating group) is 1. The molecule has 0 spiro atoms. The van der Waals surface area contributed by atoms with E-state index in [4.69, 9.17) is 11.6 Å². The number of carbonyl (C=O) groups is 3. The van der Waals surface area contributed by atoms with E-state index in [0.717, 1.165) is 16.7 Å². The average molecular weight is 516 g/mol. The predicted octanol–water partition coefficient (Wildman–Crippen LogP) is 3.53. The molecule has 192 valence electrons. The number of nitrogens with zero attached hydrogens (tertiary/aromatic N) is 4. The van der Waals surface area contributed by atoms with Crippen molar-refractivity contribution in [2.24, 2.45) is 0 Å². The highest BCUT2D eigenvalue weighted by atomic mass is 35.5. The fourth-order valence-corrected chi connectivity index (χ4v) is 5.00. The zero-order valence-electron chi connectivity index (χ0n) is 20.7. The van der Waals surface area contributed by atoms with E-state index in [9.17, 15) is 18.8 Å². The number of nitrogens with one attached hydrogen (secondary N) is 1. The maximum Gasteiger partial charge on any atom is 0.334 e. The minimum atomic E-state index is -0.646. The van der Waals surface area contributed by atoms with Gasteiger partial charge in [-0.3, -0.25) is 9.59 Å². The van der Waals surface area contributed by atoms with Crippen LogP contribution in [0.25, 0.3) is 0 Å². The molecule has 4 rings (SSSR count). The molecular weight excluding hydrogens is 485 g/mol. The summed E-state index contributed by atoms with van der Waals surface area (Å²) in [5, 5.41) is 6.63. The van der Waals surface area contributed by atoms with Crippen LogP contribution in [0.5, 0.6) is 0 Å². The van der Waals surface area contributed by atoms with Gasteiger partial charge in [-0.2, -0.15) is 0 Å². The van der Waals surface area contributed by atoms with Crippen LogP contribution in [0.3, 0.4) is 0 Å². The summed E-state index contributed by atoms with van der Waals surface area (Å²) in [6.07, 6.45) is 0.575. The van der Waals surface area contributed by atoms with Crippen molar-refractivity contribution in [1.29, 1.82) is 0 Å². The molecular formula is C26H31ClFN5O3. The van der Waals surface area contributed by atoms with Gasteiger partial charge in [-0.25, -0.2) is 19.2 Å². The SMILES string of the molecule is CCC[C@H]1C(=O)N(Cc2ccc(Cl)c(C)c2)CC2N1C(=O)CN(C)N2C(=O)NCc1ccc(F)cc1. The van der Waals surface area contributed by atoms with Gasteiger partial charge in [-0.05, 0) is 48.2 Å². The Kier molecular flexibility index (Phi) is 7.80. The number of aryl methyl sites for hydroxylation is 1. The van der Waals surface area contributed by atoms with Gasteiger partial charge >= 0.3 is 6.03 Å². The Bertz CT molecular complexity index is 1140. The fraction of sp³-hybridized carbons (Fsp3) is 0.423. The average Bonchev–Trinajstić information content (AvgIpc) is 2.83. The Labute approximate surface area is 215 Å². The molecule has 2 saturated heterocycles. The molecule has 0 saturated carbocycles. The van der Waals surface area contributed by atoms with Gasteiger partial charge in [0.2, 0.25) is 11.8 Å². The lowest BCUT2D eigenvalue weighted by Crippen LogP contribution is -2.75. The highest BCUT2D eigenvalue weighted by Crippen LogP contribution is 2.29. The second kappa shape index (κ2) is 10.8. The van der Waals surface area contributed by atoms with Crippen LogP contribution in [0.1, 0.15) is 36.5 Å². The number of hydrazine groups is 1. The molecule has 2 fully saturated rings. The van der Waals surface area contributed by atoms with Crippen LogP contribution in [0.2, 0.25) is 5.02 Å². The van der Waals surface area contributed by atoms with Crippen molar-refractivity contribution < 1.29 is 18.8 Å². The number of urea groups is 1. The minimum absolute atomic E-state index is 0.00958. The lowest BCUT2D eigenvalue weighted by atomic mass is 10.0. The molecule has 0 bridgehead atoms. The van der Waals surface area contributed by atoms with E-state index in [2.05, 4.69) is 5.32 Å². The highest BCUT2D eigenvalue weighted by molar-refractivity contribution is 6.31. The third kappa shape index (κ3) is 5.32. The first-order chi connectivity index (χ1) is 17.2. The Morgan fingerprint density at radius 1 is 1.14 bits per heavy atom. The number of carbonyl (C=O) groups excluding carboxylic acids is 3. The normalized spacial score (nSPS) is 20.5. The lowest BCUT2D eigenvalue weighted by Gasteiger charge is -2.54. The van der Waals surface area contributed by atoms with Crippen molar-refractivity contribution in [1.82, 2.24) is 25.1 Å². The quantitative estimate of drug-likeness (QED) is 0.638. The van der Waals surface area contributed by atoms with Crippen molar-refractivity contribution in [3.05, 3.63) is 70.0 Å². The number of hydrogen-bond donors (Lipinski definition) is 1. The number of hydrogen-bond acceptors (Lipinski definition) is 4. The lowest BCUT2D eigenvalue weighted by molar-refractivity contribution is -0.188. The van der Waals surface area contributed by atoms with Crippen LogP contribution in [-0.4, -0.2) is 70.0 Å². The van der Waals surface area contributed by atoms with Crippen LogP contribution >= 0.6 is 11.6 Å². The summed E-state index contributed by atoms with van der Waals surface area (Å²) in [6.45, 7) is 4.61. The molecule has 2 atom stereocenters. The molecule has 2 heterocycles. The number of halogens is 2. The van der Waals surface area contributed by atoms with E-state index in [1.54, 1.807) is 34.0 Å². The van der Waals surface area contributed by atoms with Gasteiger partial charge in [0.15, 0.2) is 0 Å². The molecule has 4 amide bonds. The summed E-state index contributed by atoms with van der Waals surface area (Å²) in [7, 11) is 1.69. The number of benzene rings is 2. The van der Waals surface area contributed by atoms with Crippen molar-refractivity contribution in [3.8, 4) is 0 Å². The molecule has 2 aliphatic rings. The monoisotopic (exact) mass is 515 g/mol. The summed E-state index contributed by atoms with van der Waals surface area (Å²) in [4.78, 5) is 43.3. The van der Waals surface area contributed by atoms with E-state index in [1.165, 1.54) is 17.1 Å². The van der Waals surface area contributed by atoms with Gasteiger partial charge in [-0.1, -0.05) is 49.2 Å². The third-order valence-corrected chi connectivity index (χ3v) is 7.09. The Balaban J connectivity index is 1.59. The third-order valence-electron chi connectivity index (χ3n) is 6.66. The number of fused-ring (bicyclic) bond motifs is 1. The van der Waals surface area contributed by atoms with Crippen LogP contribution in [0, 0.1) is 12.7 Å². The molecule has 8 nitrogen and oxygen atoms in total. The van der Waals surface area contributed by atoms with Crippen molar-refractivity contribution in [2.45, 2.75) is 52.0 Å². The van der Waals surface area contributed by atoms with Gasteiger partial charge < -0.3 is 15.1 Å². The molecule has 1 N–H and O–H groups in total. The standard InChI is InChI=1S/C26H31ClFN5O3/c1-4-5-22-25(35)31(14-19-8-11-21(27)17(2)12-19)15-23-32(22)24(34)16-30(3)33(23)26(36)29-13-18-6-9-20(28)10-7-18/h6-12,22-23H,4-5,13-16H2,1-3H3,(H,29,36)/t22-,23?/m0/s1. The number of piperazine rings is 1. The highest BCUT2D eigenvalue weighted by Gasteiger charge is 2.50. The molecule has 10 heteroatoms. The van der Waals surface area contributed by atoms with Crippen LogP contribution in [-0.2, 0) is 22.7 Å². The first-order valence-corrected chi connectivity index (χ1v) is 12.4. The van der Waals surface area contributed by atoms with Gasteiger partial charge in [-0.15, -0.1) is 0 Å². The summed E-state index contributed by atoms with van der Waals surface area (Å²) in [5.74, 6) is -0.649. The van der Waals surface area contributed by atoms with Gasteiger partial charge in [0, 0.05) is 25.2 Å². The predicted molar refractivity (Wildman–Crippen MR) is 134 cm³/mol. The van der Waals surface area contributed by atoms with Gasteiger partial charge in [0.1, 0.15) is 18.0 Å². The minimum Gasteiger partial charge on any atom is -0.333 e. The Morgan fingerprint density at radius 2 is 1.83 bits per heavy atom. The maximum atomic E-state index is 13.5. The zero-order chi connectivity index (χ0) is 26.0. The molecule has 1 unspecified atom stereocenters. The Morgan fingerprint density at radius 3 is 2.50 bits per heavy atom. The number of rotatable bonds is 6. The largest absolute Gasteiger partial charge is 0.334 e. The maximum absolute atomic E-state index is 13.5. The number of amides is 4. The van der Waals surface area contributed by atoms with Crippen molar-refractivity contribution >= 4 is 29.4 Å². The van der Waals surface area contributed by atoms with Crippen molar-refractivity contribution in [3.63, 3.8) is 0 Å². The zero-order valence-corrected chi connectivity index (χ0v) is 21.5.